The summed E-state index contributed by atoms with van der Waals surface area (Å²) < 4.78 is 8.39. The number of carboxylic acids is 1. The summed E-state index contributed by atoms with van der Waals surface area (Å²) in [6.07, 6.45) is 0. The number of aromatic nitrogens is 2. The molecule has 114 valence electrons. The summed E-state index contributed by atoms with van der Waals surface area (Å²) in [6, 6.07) is 5.87. The number of hydrogen-bond acceptors (Lipinski definition) is 6. The molecule has 3 heterocycles. The van der Waals surface area contributed by atoms with Crippen LogP contribution in [0.15, 0.2) is 18.2 Å². The molecule has 7 nitrogen and oxygen atoms in total. The number of aliphatic carboxylic acids is 1. The summed E-state index contributed by atoms with van der Waals surface area (Å²) in [4.78, 5) is 25.6. The van der Waals surface area contributed by atoms with Crippen LogP contribution in [0.4, 0.5) is 0 Å². The first-order valence-corrected chi connectivity index (χ1v) is 7.76. The number of rotatable bonds is 3. The van der Waals surface area contributed by atoms with Crippen LogP contribution >= 0.6 is 11.7 Å². The average molecular weight is 318 g/mol. The number of carboxylic acid groups (broad SMARTS) is 1. The van der Waals surface area contributed by atoms with E-state index in [1.165, 1.54) is 11.7 Å². The monoisotopic (exact) mass is 318 g/mol. The van der Waals surface area contributed by atoms with E-state index in [1.807, 2.05) is 23.1 Å². The topological polar surface area (TPSA) is 95.4 Å². The van der Waals surface area contributed by atoms with Crippen molar-refractivity contribution in [1.29, 1.82) is 0 Å². The fourth-order valence-corrected chi connectivity index (χ4v) is 4.00. The molecule has 0 bridgehead atoms. The van der Waals surface area contributed by atoms with Gasteiger partial charge in [0.25, 0.3) is 0 Å². The molecule has 2 saturated heterocycles. The van der Waals surface area contributed by atoms with Crippen molar-refractivity contribution in [2.75, 3.05) is 19.6 Å². The van der Waals surface area contributed by atoms with Crippen molar-refractivity contribution in [3.63, 3.8) is 0 Å². The zero-order valence-corrected chi connectivity index (χ0v) is 12.5. The van der Waals surface area contributed by atoms with E-state index in [0.717, 1.165) is 16.6 Å². The maximum Gasteiger partial charge on any atom is 0.313 e. The van der Waals surface area contributed by atoms with Gasteiger partial charge in [0.2, 0.25) is 5.91 Å². The third-order valence-corrected chi connectivity index (χ3v) is 5.22. The number of nitrogens with zero attached hydrogens (tertiary/aromatic N) is 3. The van der Waals surface area contributed by atoms with E-state index in [0.29, 0.717) is 19.6 Å². The molecule has 22 heavy (non-hydrogen) atoms. The third kappa shape index (κ3) is 1.91. The minimum absolute atomic E-state index is 0.149. The number of carbonyl (C=O) groups excluding carboxylic acids is 1. The molecule has 0 saturated carbocycles. The molecule has 2 fully saturated rings. The maximum absolute atomic E-state index is 11.9. The Morgan fingerprint density at radius 3 is 3.05 bits per heavy atom. The first-order valence-electron chi connectivity index (χ1n) is 7.03. The second kappa shape index (κ2) is 4.72. The van der Waals surface area contributed by atoms with Crippen LogP contribution in [0.1, 0.15) is 5.56 Å². The van der Waals surface area contributed by atoms with E-state index in [1.54, 1.807) is 0 Å². The number of carbonyl (C=O) groups is 2. The molecule has 0 spiro atoms. The number of fused-ring (bicyclic) bond motifs is 2. The van der Waals surface area contributed by atoms with E-state index in [9.17, 15) is 14.7 Å². The highest BCUT2D eigenvalue weighted by Crippen LogP contribution is 2.40. The molecule has 2 aliphatic rings. The second-order valence-electron chi connectivity index (χ2n) is 5.99. The second-order valence-corrected chi connectivity index (χ2v) is 6.52. The van der Waals surface area contributed by atoms with Crippen LogP contribution in [0.2, 0.25) is 0 Å². The largest absolute Gasteiger partial charge is 0.481 e. The van der Waals surface area contributed by atoms with Gasteiger partial charge < -0.3 is 10.4 Å². The molecule has 1 aromatic carbocycles. The van der Waals surface area contributed by atoms with Crippen LogP contribution in [0, 0.1) is 11.3 Å². The van der Waals surface area contributed by atoms with Gasteiger partial charge in [-0.3, -0.25) is 14.5 Å². The first kappa shape index (κ1) is 13.6. The molecule has 2 aliphatic heterocycles. The lowest BCUT2D eigenvalue weighted by Crippen LogP contribution is -2.40. The lowest BCUT2D eigenvalue weighted by molar-refractivity contribution is -0.149. The normalized spacial score (nSPS) is 28.0. The third-order valence-electron chi connectivity index (χ3n) is 4.66. The van der Waals surface area contributed by atoms with E-state index in [-0.39, 0.29) is 12.5 Å². The highest BCUT2D eigenvalue weighted by atomic mass is 32.1. The average Bonchev–Trinajstić information content (AvgIpc) is 3.15. The number of amides is 1. The van der Waals surface area contributed by atoms with Crippen molar-refractivity contribution in [2.24, 2.45) is 11.3 Å². The van der Waals surface area contributed by atoms with E-state index >= 15 is 0 Å². The number of benzene rings is 1. The SMILES string of the molecule is O=C1NC[C@@]2(C(=O)O)CN(Cc3ccc4nsnc4c3)C[C@@H]12. The van der Waals surface area contributed by atoms with Gasteiger partial charge in [0, 0.05) is 26.2 Å². The molecule has 1 aromatic heterocycles. The Kier molecular flexibility index (Phi) is 2.92. The standard InChI is InChI=1S/C14H14N4O3S/c19-12-9-5-18(7-14(9,6-15-12)13(20)21)4-8-1-2-10-11(3-8)17-22-16-10/h1-3,9H,4-7H2,(H,15,19)(H,20,21)/t9-,14+/m0/s1. The maximum atomic E-state index is 11.9. The first-order chi connectivity index (χ1) is 10.6. The molecule has 1 amide bonds. The molecular formula is C14H14N4O3S. The summed E-state index contributed by atoms with van der Waals surface area (Å²) in [5.74, 6) is -1.50. The lowest BCUT2D eigenvalue weighted by atomic mass is 9.81. The highest BCUT2D eigenvalue weighted by Gasteiger charge is 2.59. The number of hydrogen-bond donors (Lipinski definition) is 2. The minimum Gasteiger partial charge on any atom is -0.481 e. The van der Waals surface area contributed by atoms with Crippen LogP contribution in [-0.4, -0.2) is 50.3 Å². The Morgan fingerprint density at radius 1 is 1.45 bits per heavy atom. The van der Waals surface area contributed by atoms with Gasteiger partial charge in [-0.15, -0.1) is 0 Å². The summed E-state index contributed by atoms with van der Waals surface area (Å²) in [6.45, 7) is 1.70. The van der Waals surface area contributed by atoms with Gasteiger partial charge in [0.1, 0.15) is 16.4 Å². The lowest BCUT2D eigenvalue weighted by Gasteiger charge is -2.21. The quantitative estimate of drug-likeness (QED) is 0.846. The van der Waals surface area contributed by atoms with Crippen molar-refractivity contribution in [2.45, 2.75) is 6.54 Å². The van der Waals surface area contributed by atoms with Crippen LogP contribution < -0.4 is 5.32 Å². The molecular weight excluding hydrogens is 304 g/mol. The summed E-state index contributed by atoms with van der Waals surface area (Å²) in [7, 11) is 0. The molecule has 0 aliphatic carbocycles. The van der Waals surface area contributed by atoms with Crippen LogP contribution in [0.5, 0.6) is 0 Å². The van der Waals surface area contributed by atoms with Crippen LogP contribution in [0.3, 0.4) is 0 Å². The van der Waals surface area contributed by atoms with Gasteiger partial charge in [-0.2, -0.15) is 8.75 Å². The Balaban J connectivity index is 1.57. The summed E-state index contributed by atoms with van der Waals surface area (Å²) >= 11 is 1.18. The predicted molar refractivity (Wildman–Crippen MR) is 79.3 cm³/mol. The smallest absolute Gasteiger partial charge is 0.313 e. The fraction of sp³-hybridized carbons (Fsp3) is 0.429. The van der Waals surface area contributed by atoms with Gasteiger partial charge >= 0.3 is 5.97 Å². The number of nitrogens with one attached hydrogen (secondary N) is 1. The molecule has 2 atom stereocenters. The van der Waals surface area contributed by atoms with Crippen molar-refractivity contribution in [1.82, 2.24) is 19.0 Å². The zero-order valence-electron chi connectivity index (χ0n) is 11.7. The van der Waals surface area contributed by atoms with Gasteiger partial charge in [0.05, 0.1) is 17.6 Å². The van der Waals surface area contributed by atoms with Gasteiger partial charge in [0.15, 0.2) is 0 Å². The summed E-state index contributed by atoms with van der Waals surface area (Å²) in [5, 5.41) is 12.2. The van der Waals surface area contributed by atoms with Crippen molar-refractivity contribution >= 4 is 34.6 Å². The molecule has 2 N–H and O–H groups in total. The molecule has 8 heteroatoms. The Labute approximate surface area is 130 Å². The van der Waals surface area contributed by atoms with Crippen LogP contribution in [-0.2, 0) is 16.1 Å². The Hall–Kier alpha value is -2.06. The van der Waals surface area contributed by atoms with Gasteiger partial charge in [-0.1, -0.05) is 6.07 Å². The predicted octanol–water partition coefficient (Wildman–Crippen LogP) is 0.324. The van der Waals surface area contributed by atoms with Gasteiger partial charge in [-0.05, 0) is 17.7 Å². The fourth-order valence-electron chi connectivity index (χ4n) is 3.48. The molecule has 0 radical (unpaired) electrons. The molecule has 2 aromatic rings. The van der Waals surface area contributed by atoms with Crippen molar-refractivity contribution in [3.05, 3.63) is 23.8 Å². The van der Waals surface area contributed by atoms with Crippen LogP contribution in [0.25, 0.3) is 11.0 Å². The van der Waals surface area contributed by atoms with Gasteiger partial charge in [-0.25, -0.2) is 0 Å². The molecule has 0 unspecified atom stereocenters. The number of likely N-dealkylation sites (tertiary alicyclic amines) is 1. The highest BCUT2D eigenvalue weighted by molar-refractivity contribution is 7.00. The van der Waals surface area contributed by atoms with Crippen molar-refractivity contribution in [3.8, 4) is 0 Å². The van der Waals surface area contributed by atoms with E-state index in [4.69, 9.17) is 0 Å². The zero-order chi connectivity index (χ0) is 15.3. The summed E-state index contributed by atoms with van der Waals surface area (Å²) in [5.41, 5.74) is 1.80. The van der Waals surface area contributed by atoms with E-state index in [2.05, 4.69) is 14.1 Å². The molecule has 4 rings (SSSR count). The van der Waals surface area contributed by atoms with Crippen molar-refractivity contribution < 1.29 is 14.7 Å². The Morgan fingerprint density at radius 2 is 2.27 bits per heavy atom. The Bertz CT molecular complexity index is 776. The minimum atomic E-state index is -0.983. The van der Waals surface area contributed by atoms with E-state index < -0.39 is 17.3 Å².